The molecule has 0 N–H and O–H groups in total. The van der Waals surface area contributed by atoms with Gasteiger partial charge in [-0.25, -0.2) is 0 Å². The van der Waals surface area contributed by atoms with E-state index in [9.17, 15) is 4.79 Å². The summed E-state index contributed by atoms with van der Waals surface area (Å²) in [5.41, 5.74) is 2.56. The molecule has 2 aromatic carbocycles. The maximum Gasteiger partial charge on any atom is 0.222 e. The predicted octanol–water partition coefficient (Wildman–Crippen LogP) is 4.56. The van der Waals surface area contributed by atoms with E-state index in [1.54, 1.807) is 7.11 Å². The molecule has 4 nitrogen and oxygen atoms in total. The van der Waals surface area contributed by atoms with Crippen LogP contribution in [-0.4, -0.2) is 55.5 Å². The number of benzene rings is 2. The van der Waals surface area contributed by atoms with E-state index in [-0.39, 0.29) is 5.91 Å². The number of aryl methyl sites for hydroxylation is 2. The second kappa shape index (κ2) is 11.4. The third-order valence-electron chi connectivity index (χ3n) is 5.57. The van der Waals surface area contributed by atoms with Gasteiger partial charge in [0.05, 0.1) is 11.6 Å². The highest BCUT2D eigenvalue weighted by Crippen LogP contribution is 2.26. The van der Waals surface area contributed by atoms with Crippen molar-refractivity contribution in [3.8, 4) is 5.75 Å². The number of carbonyl (C=O) groups is 1. The van der Waals surface area contributed by atoms with Gasteiger partial charge in [-0.15, -0.1) is 0 Å². The summed E-state index contributed by atoms with van der Waals surface area (Å²) in [6, 6.07) is 16.7. The molecule has 1 saturated heterocycles. The molecule has 1 fully saturated rings. The molecule has 0 aromatic heterocycles. The largest absolute Gasteiger partial charge is 0.496 e. The van der Waals surface area contributed by atoms with Gasteiger partial charge in [-0.05, 0) is 78.0 Å². The zero-order valence-corrected chi connectivity index (χ0v) is 18.9. The first-order valence-corrected chi connectivity index (χ1v) is 11.3. The van der Waals surface area contributed by atoms with Gasteiger partial charge in [-0.3, -0.25) is 4.79 Å². The van der Waals surface area contributed by atoms with Crippen LogP contribution in [0.2, 0.25) is 0 Å². The van der Waals surface area contributed by atoms with Crippen molar-refractivity contribution < 1.29 is 9.53 Å². The number of amides is 1. The van der Waals surface area contributed by atoms with E-state index in [4.69, 9.17) is 4.74 Å². The number of halogens is 1. The van der Waals surface area contributed by atoms with Crippen molar-refractivity contribution in [1.29, 1.82) is 0 Å². The molecule has 1 aliphatic rings. The number of carbonyl (C=O) groups excluding carboxylic acids is 1. The predicted molar refractivity (Wildman–Crippen MR) is 121 cm³/mol. The Kier molecular flexibility index (Phi) is 8.56. The molecule has 0 unspecified atom stereocenters. The monoisotopic (exact) mass is 458 g/mol. The van der Waals surface area contributed by atoms with E-state index in [0.717, 1.165) is 67.8 Å². The average molecular weight is 459 g/mol. The maximum absolute atomic E-state index is 12.7. The zero-order valence-electron chi connectivity index (χ0n) is 17.3. The topological polar surface area (TPSA) is 32.8 Å². The van der Waals surface area contributed by atoms with Crippen LogP contribution in [0.3, 0.4) is 0 Å². The standard InChI is InChI=1S/C24H31BrN2O2/c1-29-23-12-10-21(19-22(23)25)11-13-24(28)27-16-6-15-26(17-18-27)14-5-9-20-7-3-2-4-8-20/h2-4,7-8,10,12,19H,5-6,9,11,13-18H2,1H3. The molecule has 0 saturated carbocycles. The third kappa shape index (κ3) is 6.86. The van der Waals surface area contributed by atoms with Crippen LogP contribution in [0.25, 0.3) is 0 Å². The summed E-state index contributed by atoms with van der Waals surface area (Å²) in [7, 11) is 1.66. The minimum atomic E-state index is 0.267. The Bertz CT molecular complexity index is 782. The van der Waals surface area contributed by atoms with Gasteiger partial charge in [0, 0.05) is 26.1 Å². The van der Waals surface area contributed by atoms with Crippen molar-refractivity contribution in [2.24, 2.45) is 0 Å². The molecule has 2 aromatic rings. The Labute approximate surface area is 183 Å². The van der Waals surface area contributed by atoms with Crippen LogP contribution in [0.4, 0.5) is 0 Å². The molecule has 29 heavy (non-hydrogen) atoms. The van der Waals surface area contributed by atoms with Crippen LogP contribution in [-0.2, 0) is 17.6 Å². The summed E-state index contributed by atoms with van der Waals surface area (Å²) in [6.07, 6.45) is 4.68. The van der Waals surface area contributed by atoms with E-state index < -0.39 is 0 Å². The average Bonchev–Trinajstić information content (AvgIpc) is 2.99. The van der Waals surface area contributed by atoms with Crippen molar-refractivity contribution >= 4 is 21.8 Å². The van der Waals surface area contributed by atoms with E-state index in [1.165, 1.54) is 12.0 Å². The van der Waals surface area contributed by atoms with Crippen LogP contribution in [0.15, 0.2) is 53.0 Å². The second-order valence-corrected chi connectivity index (χ2v) is 8.49. The normalized spacial score (nSPS) is 15.2. The lowest BCUT2D eigenvalue weighted by Crippen LogP contribution is -2.35. The molecule has 0 aliphatic carbocycles. The van der Waals surface area contributed by atoms with E-state index in [0.29, 0.717) is 6.42 Å². The maximum atomic E-state index is 12.7. The Morgan fingerprint density at radius 3 is 2.59 bits per heavy atom. The molecular weight excluding hydrogens is 428 g/mol. The molecule has 1 aliphatic heterocycles. The fraction of sp³-hybridized carbons (Fsp3) is 0.458. The first-order chi connectivity index (χ1) is 14.2. The number of hydrogen-bond donors (Lipinski definition) is 0. The molecule has 1 heterocycles. The van der Waals surface area contributed by atoms with Crippen molar-refractivity contribution in [3.63, 3.8) is 0 Å². The van der Waals surface area contributed by atoms with Gasteiger partial charge in [0.2, 0.25) is 5.91 Å². The highest BCUT2D eigenvalue weighted by Gasteiger charge is 2.18. The summed E-state index contributed by atoms with van der Waals surface area (Å²) >= 11 is 3.52. The Balaban J connectivity index is 1.40. The van der Waals surface area contributed by atoms with Crippen molar-refractivity contribution in [1.82, 2.24) is 9.80 Å². The highest BCUT2D eigenvalue weighted by atomic mass is 79.9. The lowest BCUT2D eigenvalue weighted by atomic mass is 10.1. The van der Waals surface area contributed by atoms with Crippen LogP contribution in [0.1, 0.15) is 30.4 Å². The van der Waals surface area contributed by atoms with Crippen molar-refractivity contribution in [2.75, 3.05) is 39.8 Å². The van der Waals surface area contributed by atoms with Gasteiger partial charge in [0.25, 0.3) is 0 Å². The van der Waals surface area contributed by atoms with Gasteiger partial charge in [0.1, 0.15) is 5.75 Å². The SMILES string of the molecule is COc1ccc(CCC(=O)N2CCCN(CCCc3ccccc3)CC2)cc1Br. The minimum absolute atomic E-state index is 0.267. The molecule has 0 spiro atoms. The molecule has 3 rings (SSSR count). The minimum Gasteiger partial charge on any atom is -0.496 e. The summed E-state index contributed by atoms with van der Waals surface area (Å²) < 4.78 is 6.21. The summed E-state index contributed by atoms with van der Waals surface area (Å²) in [5.74, 6) is 1.09. The number of rotatable bonds is 8. The van der Waals surface area contributed by atoms with Crippen molar-refractivity contribution in [2.45, 2.75) is 32.1 Å². The number of nitrogens with zero attached hydrogens (tertiary/aromatic N) is 2. The molecule has 0 radical (unpaired) electrons. The lowest BCUT2D eigenvalue weighted by Gasteiger charge is -2.22. The fourth-order valence-electron chi connectivity index (χ4n) is 3.87. The van der Waals surface area contributed by atoms with Crippen LogP contribution < -0.4 is 4.74 Å². The van der Waals surface area contributed by atoms with Gasteiger partial charge in [-0.1, -0.05) is 36.4 Å². The number of ether oxygens (including phenoxy) is 1. The van der Waals surface area contributed by atoms with Gasteiger partial charge in [0.15, 0.2) is 0 Å². The first-order valence-electron chi connectivity index (χ1n) is 10.5. The lowest BCUT2D eigenvalue weighted by molar-refractivity contribution is -0.131. The first kappa shape index (κ1) is 21.8. The number of hydrogen-bond acceptors (Lipinski definition) is 3. The summed E-state index contributed by atoms with van der Waals surface area (Å²) in [4.78, 5) is 17.3. The van der Waals surface area contributed by atoms with E-state index >= 15 is 0 Å². The summed E-state index contributed by atoms with van der Waals surface area (Å²) in [6.45, 7) is 4.90. The van der Waals surface area contributed by atoms with E-state index in [2.05, 4.69) is 56.1 Å². The molecule has 1 amide bonds. The number of methoxy groups -OCH3 is 1. The van der Waals surface area contributed by atoms with Gasteiger partial charge < -0.3 is 14.5 Å². The van der Waals surface area contributed by atoms with Gasteiger partial charge >= 0.3 is 0 Å². The smallest absolute Gasteiger partial charge is 0.222 e. The second-order valence-electron chi connectivity index (χ2n) is 7.63. The molecule has 0 atom stereocenters. The van der Waals surface area contributed by atoms with Crippen LogP contribution in [0.5, 0.6) is 5.75 Å². The Morgan fingerprint density at radius 2 is 1.83 bits per heavy atom. The Morgan fingerprint density at radius 1 is 1.00 bits per heavy atom. The molecular formula is C24H31BrN2O2. The molecule has 0 bridgehead atoms. The van der Waals surface area contributed by atoms with Crippen LogP contribution in [0, 0.1) is 0 Å². The van der Waals surface area contributed by atoms with Crippen molar-refractivity contribution in [3.05, 3.63) is 64.1 Å². The van der Waals surface area contributed by atoms with Crippen LogP contribution >= 0.6 is 15.9 Å². The van der Waals surface area contributed by atoms with E-state index in [1.807, 2.05) is 18.2 Å². The molecule has 156 valence electrons. The Hall–Kier alpha value is -1.85. The highest BCUT2D eigenvalue weighted by molar-refractivity contribution is 9.10. The quantitative estimate of drug-likeness (QED) is 0.581. The third-order valence-corrected chi connectivity index (χ3v) is 6.19. The van der Waals surface area contributed by atoms with Gasteiger partial charge in [-0.2, -0.15) is 0 Å². The summed E-state index contributed by atoms with van der Waals surface area (Å²) in [5, 5.41) is 0. The molecule has 5 heteroatoms. The fourth-order valence-corrected chi connectivity index (χ4v) is 4.46. The zero-order chi connectivity index (χ0) is 20.5.